The molecular formula is C22H26O4S. The molecule has 0 heterocycles. The Morgan fingerprint density at radius 1 is 1.07 bits per heavy atom. The van der Waals surface area contributed by atoms with Crippen molar-refractivity contribution in [2.45, 2.75) is 30.4 Å². The normalized spacial score (nSPS) is 25.7. The highest BCUT2D eigenvalue weighted by atomic mass is 32.2. The highest BCUT2D eigenvalue weighted by molar-refractivity contribution is 8.00. The van der Waals surface area contributed by atoms with E-state index in [1.807, 2.05) is 24.3 Å². The largest absolute Gasteiger partial charge is 0.468 e. The molecule has 144 valence electrons. The third-order valence-corrected chi connectivity index (χ3v) is 6.76. The minimum atomic E-state index is -1.37. The Hall–Kier alpha value is -2.01. The average Bonchev–Trinajstić information content (AvgIpc) is 3.03. The van der Waals surface area contributed by atoms with Crippen molar-refractivity contribution in [3.8, 4) is 0 Å². The van der Waals surface area contributed by atoms with E-state index in [0.29, 0.717) is 6.42 Å². The first-order valence-corrected chi connectivity index (χ1v) is 10.1. The summed E-state index contributed by atoms with van der Waals surface area (Å²) in [5.41, 5.74) is -0.260. The minimum Gasteiger partial charge on any atom is -0.468 e. The summed E-state index contributed by atoms with van der Waals surface area (Å²) >= 11 is 1.75. The maximum atomic E-state index is 12.8. The number of hydrogen-bond acceptors (Lipinski definition) is 5. The predicted molar refractivity (Wildman–Crippen MR) is 106 cm³/mol. The Balaban J connectivity index is 1.99. The van der Waals surface area contributed by atoms with Crippen LogP contribution in [-0.4, -0.2) is 31.4 Å². The number of thioether (sulfide) groups is 1. The van der Waals surface area contributed by atoms with Gasteiger partial charge in [0.2, 0.25) is 0 Å². The lowest BCUT2D eigenvalue weighted by molar-refractivity contribution is -0.169. The molecule has 0 saturated carbocycles. The van der Waals surface area contributed by atoms with Crippen LogP contribution in [0.5, 0.6) is 0 Å². The van der Waals surface area contributed by atoms with Crippen LogP contribution in [0.15, 0.2) is 59.0 Å². The lowest BCUT2D eigenvalue weighted by Gasteiger charge is -2.36. The average molecular weight is 387 g/mol. The standard InChI is InChI=1S/C22H26O4S/c1-14(2)18-13-22(20(23)25-3,21(24)26-4)19-12-16(10-11-17(18)19)27-15-8-6-5-7-9-15/h5-11,13-14,16-17,19H,12H2,1-4H3/t16-,17+,19+/m0/s1. The molecule has 27 heavy (non-hydrogen) atoms. The zero-order chi connectivity index (χ0) is 19.6. The molecule has 5 heteroatoms. The number of rotatable bonds is 5. The quantitative estimate of drug-likeness (QED) is 0.430. The fourth-order valence-electron chi connectivity index (χ4n) is 4.29. The van der Waals surface area contributed by atoms with Crippen molar-refractivity contribution in [2.75, 3.05) is 14.2 Å². The summed E-state index contributed by atoms with van der Waals surface area (Å²) in [6.45, 7) is 4.18. The van der Waals surface area contributed by atoms with Crippen molar-refractivity contribution >= 4 is 23.7 Å². The monoisotopic (exact) mass is 386 g/mol. The van der Waals surface area contributed by atoms with Crippen LogP contribution in [0, 0.1) is 23.2 Å². The molecule has 3 atom stereocenters. The topological polar surface area (TPSA) is 52.6 Å². The number of methoxy groups -OCH3 is 2. The molecule has 0 amide bonds. The first-order valence-electron chi connectivity index (χ1n) is 9.23. The van der Waals surface area contributed by atoms with Crippen LogP contribution in [-0.2, 0) is 19.1 Å². The summed E-state index contributed by atoms with van der Waals surface area (Å²) in [4.78, 5) is 26.8. The molecule has 1 aromatic carbocycles. The molecule has 0 N–H and O–H groups in total. The van der Waals surface area contributed by atoms with Crippen molar-refractivity contribution in [1.29, 1.82) is 0 Å². The summed E-state index contributed by atoms with van der Waals surface area (Å²) in [6.07, 6.45) is 6.90. The Morgan fingerprint density at radius 2 is 1.70 bits per heavy atom. The smallest absolute Gasteiger partial charge is 0.327 e. The lowest BCUT2D eigenvalue weighted by Crippen LogP contribution is -2.46. The van der Waals surface area contributed by atoms with Gasteiger partial charge in [-0.15, -0.1) is 11.8 Å². The highest BCUT2D eigenvalue weighted by Gasteiger charge is 2.60. The maximum absolute atomic E-state index is 12.8. The van der Waals surface area contributed by atoms with E-state index in [2.05, 4.69) is 38.1 Å². The van der Waals surface area contributed by atoms with Gasteiger partial charge in [0.05, 0.1) is 14.2 Å². The molecule has 0 saturated heterocycles. The van der Waals surface area contributed by atoms with Gasteiger partial charge < -0.3 is 9.47 Å². The minimum absolute atomic E-state index is 0.0517. The molecule has 2 aliphatic carbocycles. The van der Waals surface area contributed by atoms with E-state index in [1.165, 1.54) is 19.1 Å². The number of benzene rings is 1. The molecular weight excluding hydrogens is 360 g/mol. The van der Waals surface area contributed by atoms with E-state index in [4.69, 9.17) is 9.47 Å². The van der Waals surface area contributed by atoms with Gasteiger partial charge in [0.1, 0.15) is 0 Å². The molecule has 0 spiro atoms. The molecule has 0 fully saturated rings. The van der Waals surface area contributed by atoms with E-state index >= 15 is 0 Å². The van der Waals surface area contributed by atoms with Crippen molar-refractivity contribution in [3.63, 3.8) is 0 Å². The second-order valence-electron chi connectivity index (χ2n) is 7.37. The highest BCUT2D eigenvalue weighted by Crippen LogP contribution is 2.55. The molecule has 0 unspecified atom stereocenters. The maximum Gasteiger partial charge on any atom is 0.327 e. The van der Waals surface area contributed by atoms with Gasteiger partial charge in [-0.2, -0.15) is 0 Å². The first kappa shape index (κ1) is 19.7. The van der Waals surface area contributed by atoms with E-state index in [9.17, 15) is 9.59 Å². The first-order chi connectivity index (χ1) is 12.9. The molecule has 0 aromatic heterocycles. The summed E-state index contributed by atoms with van der Waals surface area (Å²) in [7, 11) is 2.66. The van der Waals surface area contributed by atoms with Crippen molar-refractivity contribution in [3.05, 3.63) is 54.1 Å². The molecule has 1 aromatic rings. The van der Waals surface area contributed by atoms with E-state index in [-0.39, 0.29) is 23.0 Å². The Bertz CT molecular complexity index is 750. The molecule has 2 aliphatic rings. The van der Waals surface area contributed by atoms with Gasteiger partial charge in [-0.05, 0) is 24.5 Å². The molecule has 3 rings (SSSR count). The molecule has 0 radical (unpaired) electrons. The van der Waals surface area contributed by atoms with Crippen LogP contribution in [0.3, 0.4) is 0 Å². The van der Waals surface area contributed by atoms with Crippen LogP contribution in [0.2, 0.25) is 0 Å². The van der Waals surface area contributed by atoms with Crippen molar-refractivity contribution < 1.29 is 19.1 Å². The van der Waals surface area contributed by atoms with Gasteiger partial charge in [-0.3, -0.25) is 9.59 Å². The van der Waals surface area contributed by atoms with Gasteiger partial charge in [0.25, 0.3) is 0 Å². The van der Waals surface area contributed by atoms with Crippen molar-refractivity contribution in [2.24, 2.45) is 23.2 Å². The van der Waals surface area contributed by atoms with Crippen LogP contribution < -0.4 is 0 Å². The van der Waals surface area contributed by atoms with Crippen molar-refractivity contribution in [1.82, 2.24) is 0 Å². The number of carbonyl (C=O) groups is 2. The van der Waals surface area contributed by atoms with Gasteiger partial charge in [0.15, 0.2) is 5.41 Å². The summed E-state index contributed by atoms with van der Waals surface area (Å²) in [5, 5.41) is 0.183. The Kier molecular flexibility index (Phi) is 5.80. The summed E-state index contributed by atoms with van der Waals surface area (Å²) in [6, 6.07) is 10.2. The second-order valence-corrected chi connectivity index (χ2v) is 8.69. The fourth-order valence-corrected chi connectivity index (χ4v) is 5.42. The number of ether oxygens (including phenoxy) is 2. The molecule has 0 aliphatic heterocycles. The number of esters is 2. The fraction of sp³-hybridized carbons (Fsp3) is 0.455. The SMILES string of the molecule is COC(=O)C1(C(=O)OC)C=C(C(C)C)[C@H]2C=C[C@H](Sc3ccccc3)C[C@H]21. The summed E-state index contributed by atoms with van der Waals surface area (Å²) in [5.74, 6) is -0.967. The van der Waals surface area contributed by atoms with E-state index in [1.54, 1.807) is 11.8 Å². The number of allylic oxidation sites excluding steroid dienone is 2. The summed E-state index contributed by atoms with van der Waals surface area (Å²) < 4.78 is 10.2. The third kappa shape index (κ3) is 3.45. The predicted octanol–water partition coefficient (Wildman–Crippen LogP) is 4.27. The number of carbonyl (C=O) groups excluding carboxylic acids is 2. The van der Waals surface area contributed by atoms with Gasteiger partial charge in [-0.25, -0.2) is 0 Å². The molecule has 4 nitrogen and oxygen atoms in total. The molecule has 0 bridgehead atoms. The Morgan fingerprint density at radius 3 is 2.26 bits per heavy atom. The zero-order valence-corrected chi connectivity index (χ0v) is 17.0. The van der Waals surface area contributed by atoms with E-state index in [0.717, 1.165) is 5.57 Å². The Labute approximate surface area is 165 Å². The van der Waals surface area contributed by atoms with Crippen LogP contribution in [0.4, 0.5) is 0 Å². The van der Waals surface area contributed by atoms with Crippen LogP contribution in [0.25, 0.3) is 0 Å². The van der Waals surface area contributed by atoms with Gasteiger partial charge >= 0.3 is 11.9 Å². The third-order valence-electron chi connectivity index (χ3n) is 5.56. The second kappa shape index (κ2) is 7.93. The lowest BCUT2D eigenvalue weighted by atomic mass is 9.69. The van der Waals surface area contributed by atoms with Crippen LogP contribution in [0.1, 0.15) is 20.3 Å². The van der Waals surface area contributed by atoms with E-state index < -0.39 is 17.4 Å². The zero-order valence-electron chi connectivity index (χ0n) is 16.2. The number of hydrogen-bond donors (Lipinski definition) is 0. The van der Waals surface area contributed by atoms with Gasteiger partial charge in [0, 0.05) is 22.0 Å². The number of fused-ring (bicyclic) bond motifs is 1. The van der Waals surface area contributed by atoms with Crippen LogP contribution >= 0.6 is 11.8 Å². The van der Waals surface area contributed by atoms with Gasteiger partial charge in [-0.1, -0.05) is 55.8 Å².